The summed E-state index contributed by atoms with van der Waals surface area (Å²) < 4.78 is 6.89. The van der Waals surface area contributed by atoms with Gasteiger partial charge in [-0.2, -0.15) is 9.83 Å². The number of aromatic nitrogens is 1. The third-order valence-electron chi connectivity index (χ3n) is 4.25. The van der Waals surface area contributed by atoms with Crippen LogP contribution >= 0.6 is 0 Å². The van der Waals surface area contributed by atoms with Crippen molar-refractivity contribution in [3.05, 3.63) is 59.9 Å². The van der Waals surface area contributed by atoms with Gasteiger partial charge in [0.2, 0.25) is 0 Å². The molecule has 1 aliphatic heterocycles. The number of nitrogens with zero attached hydrogens (tertiary/aromatic N) is 3. The highest BCUT2D eigenvalue weighted by Gasteiger charge is 2.25. The maximum Gasteiger partial charge on any atom is 0.262 e. The molecule has 0 aliphatic carbocycles. The maximum atomic E-state index is 13.2. The van der Waals surface area contributed by atoms with E-state index < -0.39 is 5.78 Å². The summed E-state index contributed by atoms with van der Waals surface area (Å²) in [6, 6.07) is 10.2. The number of rotatable bonds is 5. The summed E-state index contributed by atoms with van der Waals surface area (Å²) in [6.07, 6.45) is 4.70. The number of ketones is 1. The summed E-state index contributed by atoms with van der Waals surface area (Å²) >= 11 is 0. The Morgan fingerprint density at radius 2 is 2.03 bits per heavy atom. The Morgan fingerprint density at radius 1 is 1.31 bits per heavy atom. The molecular formula is C21H18N5O3+. The van der Waals surface area contributed by atoms with E-state index in [1.54, 1.807) is 29.1 Å². The second-order valence-corrected chi connectivity index (χ2v) is 6.42. The van der Waals surface area contributed by atoms with Gasteiger partial charge < -0.3 is 15.0 Å². The number of carbonyl (C=O) groups is 2. The molecule has 0 radical (unpaired) electrons. The molecular weight excluding hydrogens is 370 g/mol. The van der Waals surface area contributed by atoms with E-state index in [2.05, 4.69) is 5.32 Å². The Kier molecular flexibility index (Phi) is 5.54. The van der Waals surface area contributed by atoms with E-state index in [0.29, 0.717) is 17.0 Å². The second kappa shape index (κ2) is 8.21. The van der Waals surface area contributed by atoms with Crippen LogP contribution in [0.3, 0.4) is 0 Å². The van der Waals surface area contributed by atoms with Crippen LogP contribution in [0.1, 0.15) is 10.4 Å². The number of Topliss-reactive ketones (excluding diaryl/α,β-unsaturated/α-hetero) is 1. The molecule has 3 rings (SSSR count). The fourth-order valence-electron chi connectivity index (χ4n) is 2.74. The van der Waals surface area contributed by atoms with Gasteiger partial charge in [-0.15, -0.1) is 0 Å². The highest BCUT2D eigenvalue weighted by atomic mass is 16.5. The zero-order valence-electron chi connectivity index (χ0n) is 15.9. The first-order chi connectivity index (χ1) is 13.9. The molecule has 0 bridgehead atoms. The molecule has 1 amide bonds. The Bertz CT molecular complexity index is 1100. The third-order valence-corrected chi connectivity index (χ3v) is 4.25. The Labute approximate surface area is 167 Å². The van der Waals surface area contributed by atoms with Gasteiger partial charge in [0.1, 0.15) is 17.4 Å². The van der Waals surface area contributed by atoms with Crippen molar-refractivity contribution < 1.29 is 18.9 Å². The molecule has 2 aromatic rings. The van der Waals surface area contributed by atoms with Crippen LogP contribution in [0.5, 0.6) is 5.75 Å². The van der Waals surface area contributed by atoms with Crippen molar-refractivity contribution in [2.75, 3.05) is 30.9 Å². The highest BCUT2D eigenvalue weighted by molar-refractivity contribution is 6.22. The normalized spacial score (nSPS) is 12.6. The predicted octanol–water partition coefficient (Wildman–Crippen LogP) is 1.79. The third kappa shape index (κ3) is 4.21. The lowest BCUT2D eigenvalue weighted by Crippen LogP contribution is -2.36. The number of nitrogens with one attached hydrogen (secondary N) is 2. The minimum absolute atomic E-state index is 0.0742. The van der Waals surface area contributed by atoms with Crippen LogP contribution in [0.2, 0.25) is 0 Å². The van der Waals surface area contributed by atoms with E-state index in [0.717, 1.165) is 5.69 Å². The fourth-order valence-corrected chi connectivity index (χ4v) is 2.74. The van der Waals surface area contributed by atoms with Gasteiger partial charge in [-0.3, -0.25) is 15.0 Å². The molecule has 144 valence electrons. The number of ether oxygens (including phenoxy) is 1. The quantitative estimate of drug-likeness (QED) is 0.203. The molecule has 0 fully saturated rings. The smallest absolute Gasteiger partial charge is 0.262 e. The number of benzene rings is 1. The van der Waals surface area contributed by atoms with E-state index in [1.807, 2.05) is 43.1 Å². The number of nitriles is 1. The Morgan fingerprint density at radius 3 is 2.66 bits per heavy atom. The summed E-state index contributed by atoms with van der Waals surface area (Å²) in [7, 11) is 3.80. The van der Waals surface area contributed by atoms with Gasteiger partial charge in [-0.1, -0.05) is 0 Å². The summed E-state index contributed by atoms with van der Waals surface area (Å²) in [6.45, 7) is -0.0742. The lowest BCUT2D eigenvalue weighted by Gasteiger charge is -2.18. The van der Waals surface area contributed by atoms with Crippen LogP contribution in [0.25, 0.3) is 5.70 Å². The zero-order chi connectivity index (χ0) is 21.0. The number of amides is 1. The maximum absolute atomic E-state index is 13.2. The van der Waals surface area contributed by atoms with Crippen molar-refractivity contribution in [1.82, 2.24) is 0 Å². The topological polar surface area (TPSA) is 110 Å². The Hall–Kier alpha value is -4.21. The number of hydrogen-bond donors (Lipinski definition) is 2. The van der Waals surface area contributed by atoms with Gasteiger partial charge in [0, 0.05) is 43.6 Å². The van der Waals surface area contributed by atoms with Gasteiger partial charge in [0.25, 0.3) is 17.4 Å². The zero-order valence-corrected chi connectivity index (χ0v) is 15.9. The summed E-state index contributed by atoms with van der Waals surface area (Å²) in [5.74, 6) is 1.81. The van der Waals surface area contributed by atoms with Crippen molar-refractivity contribution >= 4 is 34.6 Å². The SMILES string of the molecule is CN(C)c1cc[n+](/C(=C\C(=C=N)C#N)C(=O)c2ccc3c(c2)NC(=O)CO3)cc1. The first-order valence-corrected chi connectivity index (χ1v) is 8.65. The summed E-state index contributed by atoms with van der Waals surface area (Å²) in [4.78, 5) is 26.7. The molecule has 0 saturated heterocycles. The van der Waals surface area contributed by atoms with E-state index in [-0.39, 0.29) is 23.8 Å². The van der Waals surface area contributed by atoms with Crippen LogP contribution in [0, 0.1) is 16.7 Å². The molecule has 8 heteroatoms. The van der Waals surface area contributed by atoms with Crippen molar-refractivity contribution in [3.63, 3.8) is 0 Å². The molecule has 1 aromatic carbocycles. The number of allylic oxidation sites excluding steroid dienone is 3. The van der Waals surface area contributed by atoms with E-state index in [1.165, 1.54) is 12.1 Å². The number of fused-ring (bicyclic) bond motifs is 1. The molecule has 1 aliphatic rings. The minimum atomic E-state index is -0.391. The first kappa shape index (κ1) is 19.5. The van der Waals surface area contributed by atoms with Crippen molar-refractivity contribution in [2.45, 2.75) is 0 Å². The standard InChI is InChI=1S/C21H17N5O3/c1-25(2)16-5-7-26(8-6-16)18(9-14(11-22)12-23)21(28)15-3-4-19-17(10-15)24-20(27)13-29-19/h3-10,22H,13H2,1-2H3/p+1/b18-9-. The number of pyridine rings is 1. The predicted molar refractivity (Wildman–Crippen MR) is 107 cm³/mol. The highest BCUT2D eigenvalue weighted by Crippen LogP contribution is 2.29. The van der Waals surface area contributed by atoms with Gasteiger partial charge in [0.05, 0.1) is 5.69 Å². The fraction of sp³-hybridized carbons (Fsp3) is 0.143. The van der Waals surface area contributed by atoms with Crippen molar-refractivity contribution in [2.24, 2.45) is 0 Å². The van der Waals surface area contributed by atoms with Gasteiger partial charge in [-0.25, -0.2) is 0 Å². The van der Waals surface area contributed by atoms with Gasteiger partial charge >= 0.3 is 0 Å². The number of anilines is 2. The molecule has 29 heavy (non-hydrogen) atoms. The van der Waals surface area contributed by atoms with Crippen molar-refractivity contribution in [1.29, 1.82) is 10.7 Å². The molecule has 2 heterocycles. The molecule has 0 saturated carbocycles. The monoisotopic (exact) mass is 388 g/mol. The molecule has 2 N–H and O–H groups in total. The van der Waals surface area contributed by atoms with Crippen molar-refractivity contribution in [3.8, 4) is 11.8 Å². The van der Waals surface area contributed by atoms with E-state index in [4.69, 9.17) is 10.1 Å². The van der Waals surface area contributed by atoms with E-state index in [9.17, 15) is 14.9 Å². The summed E-state index contributed by atoms with van der Waals surface area (Å²) in [5, 5.41) is 19.1. The lowest BCUT2D eigenvalue weighted by molar-refractivity contribution is -0.576. The Balaban J connectivity index is 2.06. The summed E-state index contributed by atoms with van der Waals surface area (Å²) in [5.41, 5.74) is 1.71. The molecule has 0 unspecified atom stereocenters. The van der Waals surface area contributed by atoms with Crippen LogP contribution in [0.4, 0.5) is 11.4 Å². The van der Waals surface area contributed by atoms with Gasteiger partial charge in [-0.05, 0) is 24.1 Å². The van der Waals surface area contributed by atoms with Crippen LogP contribution < -0.4 is 19.5 Å². The van der Waals surface area contributed by atoms with Crippen LogP contribution in [0.15, 0.2) is 54.4 Å². The molecule has 0 atom stereocenters. The first-order valence-electron chi connectivity index (χ1n) is 8.65. The average Bonchev–Trinajstić information content (AvgIpc) is 2.73. The lowest BCUT2D eigenvalue weighted by atomic mass is 10.0. The van der Waals surface area contributed by atoms with E-state index >= 15 is 0 Å². The molecule has 0 spiro atoms. The number of hydrogen-bond acceptors (Lipinski definition) is 6. The molecule has 8 nitrogen and oxygen atoms in total. The second-order valence-electron chi connectivity index (χ2n) is 6.42. The largest absolute Gasteiger partial charge is 0.482 e. The van der Waals surface area contributed by atoms with Gasteiger partial charge in [0.15, 0.2) is 19.0 Å². The van der Waals surface area contributed by atoms with Crippen LogP contribution in [-0.4, -0.2) is 38.3 Å². The average molecular weight is 388 g/mol. The van der Waals surface area contributed by atoms with Crippen LogP contribution in [-0.2, 0) is 4.79 Å². The minimum Gasteiger partial charge on any atom is -0.482 e. The molecule has 1 aromatic heterocycles. The number of carbonyl (C=O) groups excluding carboxylic acids is 2.